The average molecular weight is 318 g/mol. The van der Waals surface area contributed by atoms with Crippen molar-refractivity contribution in [1.29, 1.82) is 0 Å². The van der Waals surface area contributed by atoms with Crippen LogP contribution in [0.5, 0.6) is 0 Å². The van der Waals surface area contributed by atoms with Crippen molar-refractivity contribution in [3.63, 3.8) is 0 Å². The van der Waals surface area contributed by atoms with Gasteiger partial charge in [-0.15, -0.1) is 0 Å². The fourth-order valence-electron chi connectivity index (χ4n) is 3.45. The van der Waals surface area contributed by atoms with Gasteiger partial charge in [0.15, 0.2) is 9.84 Å². The second-order valence-corrected chi connectivity index (χ2v) is 8.22. The number of sulfone groups is 1. The predicted molar refractivity (Wildman–Crippen MR) is 80.9 cm³/mol. The van der Waals surface area contributed by atoms with Crippen molar-refractivity contribution in [1.82, 2.24) is 10.2 Å². The Labute approximate surface area is 127 Å². The van der Waals surface area contributed by atoms with Crippen LogP contribution in [0.1, 0.15) is 33.1 Å². The molecule has 2 aliphatic rings. The smallest absolute Gasteiger partial charge is 0.326 e. The molecule has 122 valence electrons. The van der Waals surface area contributed by atoms with Crippen LogP contribution >= 0.6 is 0 Å². The number of nitrogens with zero attached hydrogens (tertiary/aromatic N) is 1. The van der Waals surface area contributed by atoms with Crippen molar-refractivity contribution < 1.29 is 17.9 Å². The van der Waals surface area contributed by atoms with Crippen LogP contribution in [0.2, 0.25) is 0 Å². The summed E-state index contributed by atoms with van der Waals surface area (Å²) in [7, 11) is -2.86. The molecule has 0 aromatic rings. The van der Waals surface area contributed by atoms with Crippen LogP contribution < -0.4 is 5.32 Å². The zero-order valence-corrected chi connectivity index (χ0v) is 13.7. The monoisotopic (exact) mass is 318 g/mol. The number of esters is 1. The summed E-state index contributed by atoms with van der Waals surface area (Å²) in [6.45, 7) is 6.08. The number of hydrogen-bond acceptors (Lipinski definition) is 6. The van der Waals surface area contributed by atoms with E-state index < -0.39 is 15.4 Å². The third-order valence-electron chi connectivity index (χ3n) is 4.57. The minimum absolute atomic E-state index is 0.168. The SMILES string of the molecule is CCNC1(C(=O)OCC)CCC(N2CCS(=O)(=O)CC2)C1. The second kappa shape index (κ2) is 6.62. The van der Waals surface area contributed by atoms with E-state index in [0.717, 1.165) is 19.4 Å². The highest BCUT2D eigenvalue weighted by Gasteiger charge is 2.47. The predicted octanol–water partition coefficient (Wildman–Crippen LogP) is 0.181. The Hall–Kier alpha value is -0.660. The van der Waals surface area contributed by atoms with E-state index in [9.17, 15) is 13.2 Å². The molecule has 1 saturated carbocycles. The first-order valence-corrected chi connectivity index (χ1v) is 9.61. The third-order valence-corrected chi connectivity index (χ3v) is 6.17. The Kier molecular flexibility index (Phi) is 5.27. The lowest BCUT2D eigenvalue weighted by atomic mass is 9.97. The molecule has 2 rings (SSSR count). The maximum atomic E-state index is 12.3. The van der Waals surface area contributed by atoms with Crippen LogP contribution in [0.15, 0.2) is 0 Å². The number of nitrogens with one attached hydrogen (secondary N) is 1. The van der Waals surface area contributed by atoms with Crippen LogP contribution in [0.4, 0.5) is 0 Å². The molecule has 1 aliphatic heterocycles. The van der Waals surface area contributed by atoms with Gasteiger partial charge in [-0.3, -0.25) is 9.69 Å². The lowest BCUT2D eigenvalue weighted by molar-refractivity contribution is -0.151. The highest BCUT2D eigenvalue weighted by atomic mass is 32.2. The highest BCUT2D eigenvalue weighted by molar-refractivity contribution is 7.91. The van der Waals surface area contributed by atoms with Crippen LogP contribution in [0.3, 0.4) is 0 Å². The van der Waals surface area contributed by atoms with Crippen molar-refractivity contribution in [2.24, 2.45) is 0 Å². The van der Waals surface area contributed by atoms with E-state index >= 15 is 0 Å². The molecule has 6 nitrogen and oxygen atoms in total. The topological polar surface area (TPSA) is 75.7 Å². The Morgan fingerprint density at radius 1 is 1.33 bits per heavy atom. The van der Waals surface area contributed by atoms with Crippen LogP contribution in [-0.2, 0) is 19.4 Å². The first kappa shape index (κ1) is 16.7. The van der Waals surface area contributed by atoms with Crippen molar-refractivity contribution in [3.8, 4) is 0 Å². The first-order chi connectivity index (χ1) is 9.92. The van der Waals surface area contributed by atoms with Gasteiger partial charge in [-0.1, -0.05) is 6.92 Å². The fraction of sp³-hybridized carbons (Fsp3) is 0.929. The van der Waals surface area contributed by atoms with E-state index in [2.05, 4.69) is 10.2 Å². The quantitative estimate of drug-likeness (QED) is 0.729. The van der Waals surface area contributed by atoms with Gasteiger partial charge in [-0.25, -0.2) is 8.42 Å². The van der Waals surface area contributed by atoms with Gasteiger partial charge in [0.05, 0.1) is 18.1 Å². The lowest BCUT2D eigenvalue weighted by Gasteiger charge is -2.34. The summed E-state index contributed by atoms with van der Waals surface area (Å²) < 4.78 is 28.3. The Bertz CT molecular complexity index is 465. The van der Waals surface area contributed by atoms with Crippen molar-refractivity contribution in [2.45, 2.75) is 44.7 Å². The van der Waals surface area contributed by atoms with Crippen LogP contribution in [-0.4, -0.2) is 68.6 Å². The number of likely N-dealkylation sites (N-methyl/N-ethyl adjacent to an activating group) is 1. The van der Waals surface area contributed by atoms with E-state index in [4.69, 9.17) is 4.74 Å². The summed E-state index contributed by atoms with van der Waals surface area (Å²) in [6, 6.07) is 0.268. The molecule has 2 atom stereocenters. The maximum Gasteiger partial charge on any atom is 0.326 e. The third kappa shape index (κ3) is 3.76. The lowest BCUT2D eigenvalue weighted by Crippen LogP contribution is -2.53. The normalized spacial score (nSPS) is 33.0. The van der Waals surface area contributed by atoms with E-state index in [0.29, 0.717) is 26.1 Å². The van der Waals surface area contributed by atoms with Gasteiger partial charge >= 0.3 is 5.97 Å². The number of ether oxygens (including phenoxy) is 1. The minimum Gasteiger partial charge on any atom is -0.465 e. The molecule has 1 heterocycles. The fourth-order valence-corrected chi connectivity index (χ4v) is 4.68. The summed E-state index contributed by atoms with van der Waals surface area (Å²) in [4.78, 5) is 14.5. The highest BCUT2D eigenvalue weighted by Crippen LogP contribution is 2.34. The number of carbonyl (C=O) groups is 1. The van der Waals surface area contributed by atoms with Gasteiger partial charge in [-0.05, 0) is 32.7 Å². The molecule has 0 aromatic heterocycles. The molecule has 1 saturated heterocycles. The largest absolute Gasteiger partial charge is 0.465 e. The number of rotatable bonds is 5. The number of hydrogen-bond donors (Lipinski definition) is 1. The van der Waals surface area contributed by atoms with Crippen LogP contribution in [0, 0.1) is 0 Å². The molecule has 0 radical (unpaired) electrons. The molecule has 2 fully saturated rings. The van der Waals surface area contributed by atoms with Crippen molar-refractivity contribution >= 4 is 15.8 Å². The first-order valence-electron chi connectivity index (χ1n) is 7.79. The van der Waals surface area contributed by atoms with E-state index in [1.54, 1.807) is 0 Å². The zero-order chi connectivity index (χ0) is 15.5. The Morgan fingerprint density at radius 2 is 2.00 bits per heavy atom. The van der Waals surface area contributed by atoms with Gasteiger partial charge in [0, 0.05) is 19.1 Å². The summed E-state index contributed by atoms with van der Waals surface area (Å²) in [5, 5.41) is 3.31. The molecule has 7 heteroatoms. The van der Waals surface area contributed by atoms with Gasteiger partial charge in [0.1, 0.15) is 5.54 Å². The van der Waals surface area contributed by atoms with Crippen LogP contribution in [0.25, 0.3) is 0 Å². The Morgan fingerprint density at radius 3 is 2.57 bits per heavy atom. The van der Waals surface area contributed by atoms with E-state index in [1.807, 2.05) is 13.8 Å². The van der Waals surface area contributed by atoms with E-state index in [-0.39, 0.29) is 23.5 Å². The molecule has 21 heavy (non-hydrogen) atoms. The molecular formula is C14H26N2O4S. The minimum atomic E-state index is -2.86. The molecule has 0 aromatic carbocycles. The zero-order valence-electron chi connectivity index (χ0n) is 12.9. The van der Waals surface area contributed by atoms with Gasteiger partial charge in [-0.2, -0.15) is 0 Å². The second-order valence-electron chi connectivity index (χ2n) is 5.92. The van der Waals surface area contributed by atoms with E-state index in [1.165, 1.54) is 0 Å². The van der Waals surface area contributed by atoms with Gasteiger partial charge < -0.3 is 10.1 Å². The summed E-state index contributed by atoms with van der Waals surface area (Å²) in [6.07, 6.45) is 2.37. The average Bonchev–Trinajstić information content (AvgIpc) is 2.85. The molecular weight excluding hydrogens is 292 g/mol. The molecule has 0 bridgehead atoms. The molecule has 2 unspecified atom stereocenters. The standard InChI is InChI=1S/C14H26N2O4S/c1-3-15-14(13(17)20-4-2)6-5-12(11-14)16-7-9-21(18,19)10-8-16/h12,15H,3-11H2,1-2H3. The summed E-state index contributed by atoms with van der Waals surface area (Å²) >= 11 is 0. The molecule has 1 N–H and O–H groups in total. The van der Waals surface area contributed by atoms with Crippen molar-refractivity contribution in [2.75, 3.05) is 37.7 Å². The maximum absolute atomic E-state index is 12.3. The summed E-state index contributed by atoms with van der Waals surface area (Å²) in [5.41, 5.74) is -0.592. The summed E-state index contributed by atoms with van der Waals surface area (Å²) in [5.74, 6) is 0.299. The molecule has 0 amide bonds. The number of carbonyl (C=O) groups excluding carboxylic acids is 1. The molecule has 1 aliphatic carbocycles. The van der Waals surface area contributed by atoms with Gasteiger partial charge in [0.2, 0.25) is 0 Å². The van der Waals surface area contributed by atoms with Crippen molar-refractivity contribution in [3.05, 3.63) is 0 Å². The molecule has 0 spiro atoms. The Balaban J connectivity index is 2.01. The van der Waals surface area contributed by atoms with Gasteiger partial charge in [0.25, 0.3) is 0 Å².